The van der Waals surface area contributed by atoms with Crippen molar-refractivity contribution in [2.45, 2.75) is 0 Å². The van der Waals surface area contributed by atoms with E-state index in [1.54, 1.807) is 0 Å². The van der Waals surface area contributed by atoms with Gasteiger partial charge in [0.25, 0.3) is 0 Å². The molecular weight excluding hydrogens is 619 g/mol. The van der Waals surface area contributed by atoms with E-state index in [0.29, 0.717) is 0 Å². The molecule has 0 N–H and O–H groups in total. The Morgan fingerprint density at radius 2 is 1.00 bits per heavy atom. The fourth-order valence-corrected chi connectivity index (χ4v) is 9.03. The van der Waals surface area contributed by atoms with Crippen molar-refractivity contribution >= 4 is 86.2 Å². The summed E-state index contributed by atoms with van der Waals surface area (Å²) in [4.78, 5) is 14.3. The maximum atomic E-state index is 5.25. The predicted molar refractivity (Wildman–Crippen MR) is 204 cm³/mol. The molecule has 0 atom stereocenters. The van der Waals surface area contributed by atoms with E-state index in [1.165, 1.54) is 31.1 Å². The van der Waals surface area contributed by atoms with Crippen molar-refractivity contribution in [3.05, 3.63) is 152 Å². The molecule has 0 amide bonds. The van der Waals surface area contributed by atoms with Crippen LogP contribution >= 0.6 is 11.3 Å². The first kappa shape index (κ1) is 26.7. The zero-order chi connectivity index (χ0) is 32.1. The summed E-state index contributed by atoms with van der Waals surface area (Å²) in [5, 5.41) is 6.96. The van der Waals surface area contributed by atoms with Gasteiger partial charge in [0.05, 0.1) is 37.8 Å². The summed E-state index contributed by atoms with van der Waals surface area (Å²) < 4.78 is 7.21. The molecule has 0 fully saturated rings. The highest BCUT2D eigenvalue weighted by atomic mass is 32.1. The summed E-state index contributed by atoms with van der Waals surface area (Å²) in [6.07, 6.45) is 7.74. The van der Waals surface area contributed by atoms with Crippen LogP contribution < -0.4 is 0 Å². The molecule has 49 heavy (non-hydrogen) atoms. The Morgan fingerprint density at radius 3 is 1.65 bits per heavy atom. The number of aromatic nitrogens is 5. The lowest BCUT2D eigenvalue weighted by atomic mass is 9.98. The molecule has 5 nitrogen and oxygen atoms in total. The first-order valence-corrected chi connectivity index (χ1v) is 17.2. The normalized spacial score (nSPS) is 12.1. The molecule has 0 unspecified atom stereocenters. The molecule has 0 spiro atoms. The zero-order valence-electron chi connectivity index (χ0n) is 26.1. The van der Waals surface area contributed by atoms with E-state index in [9.17, 15) is 0 Å². The van der Waals surface area contributed by atoms with Crippen LogP contribution in [-0.2, 0) is 0 Å². The topological polar surface area (TPSA) is 48.5 Å². The largest absolute Gasteiger partial charge is 0.309 e. The van der Waals surface area contributed by atoms with Gasteiger partial charge < -0.3 is 9.13 Å². The number of hydrogen-bond acceptors (Lipinski definition) is 4. The molecule has 0 radical (unpaired) electrons. The Labute approximate surface area is 284 Å². The molecule has 0 saturated heterocycles. The summed E-state index contributed by atoms with van der Waals surface area (Å²) in [7, 11) is 0. The van der Waals surface area contributed by atoms with Crippen molar-refractivity contribution in [2.75, 3.05) is 0 Å². The molecule has 6 heterocycles. The van der Waals surface area contributed by atoms with Gasteiger partial charge in [-0.25, -0.2) is 4.98 Å². The monoisotopic (exact) mass is 643 g/mol. The van der Waals surface area contributed by atoms with Gasteiger partial charge in [-0.15, -0.1) is 11.3 Å². The molecule has 5 aromatic carbocycles. The second kappa shape index (κ2) is 10.1. The highest BCUT2D eigenvalue weighted by molar-refractivity contribution is 7.26. The molecule has 0 aliphatic heterocycles. The number of fused-ring (bicyclic) bond motifs is 10. The average molecular weight is 644 g/mol. The number of pyridine rings is 3. The number of thiophene rings is 1. The first-order valence-electron chi connectivity index (χ1n) is 16.3. The minimum Gasteiger partial charge on any atom is -0.309 e. The second-order valence-corrected chi connectivity index (χ2v) is 13.6. The van der Waals surface area contributed by atoms with Gasteiger partial charge in [-0.2, -0.15) is 0 Å². The van der Waals surface area contributed by atoms with Gasteiger partial charge >= 0.3 is 0 Å². The summed E-state index contributed by atoms with van der Waals surface area (Å²) in [5.41, 5.74) is 11.1. The third-order valence-electron chi connectivity index (χ3n) is 9.86. The Balaban J connectivity index is 1.33. The van der Waals surface area contributed by atoms with E-state index in [2.05, 4.69) is 146 Å². The summed E-state index contributed by atoms with van der Waals surface area (Å²) in [6, 6.07) is 45.7. The van der Waals surface area contributed by atoms with Gasteiger partial charge in [0.1, 0.15) is 0 Å². The van der Waals surface area contributed by atoms with Crippen molar-refractivity contribution in [1.29, 1.82) is 0 Å². The molecule has 0 aliphatic carbocycles. The maximum Gasteiger partial charge on any atom is 0.0902 e. The number of hydrogen-bond donors (Lipinski definition) is 0. The molecule has 11 rings (SSSR count). The fraction of sp³-hybridized carbons (Fsp3) is 0. The number of rotatable bonds is 3. The van der Waals surface area contributed by atoms with Gasteiger partial charge in [0, 0.05) is 78.7 Å². The molecule has 6 heteroatoms. The zero-order valence-corrected chi connectivity index (χ0v) is 26.9. The third kappa shape index (κ3) is 3.77. The van der Waals surface area contributed by atoms with Crippen LogP contribution in [0.25, 0.3) is 97.3 Å². The molecule has 0 bridgehead atoms. The predicted octanol–water partition coefficient (Wildman–Crippen LogP) is 11.3. The highest BCUT2D eigenvalue weighted by Gasteiger charge is 2.21. The van der Waals surface area contributed by atoms with Crippen LogP contribution in [-0.4, -0.2) is 24.1 Å². The van der Waals surface area contributed by atoms with Crippen molar-refractivity contribution in [3.63, 3.8) is 0 Å². The fourth-order valence-electron chi connectivity index (χ4n) is 7.81. The average Bonchev–Trinajstić information content (AvgIpc) is 3.81. The van der Waals surface area contributed by atoms with Crippen LogP contribution in [0, 0.1) is 0 Å². The standard InChI is InChI=1S/C43H25N5S/c1-5-13-35-31(11-1)41(43-42(46-35)32-12-4-8-16-40(32)49-43)26-21-27(47-36-14-6-2-9-29(36)33-24-44-19-17-38(33)47)23-28(22-26)48-37-15-7-3-10-30(37)34-25-45-20-18-39(34)48/h1-25H. The van der Waals surface area contributed by atoms with Gasteiger partial charge in [-0.1, -0.05) is 72.8 Å². The van der Waals surface area contributed by atoms with E-state index in [4.69, 9.17) is 4.98 Å². The second-order valence-electron chi connectivity index (χ2n) is 12.5. The summed E-state index contributed by atoms with van der Waals surface area (Å²) >= 11 is 1.82. The summed E-state index contributed by atoms with van der Waals surface area (Å²) in [6.45, 7) is 0. The Bertz CT molecular complexity index is 2890. The van der Waals surface area contributed by atoms with Crippen molar-refractivity contribution < 1.29 is 0 Å². The lowest BCUT2D eigenvalue weighted by Crippen LogP contribution is -2.00. The van der Waals surface area contributed by atoms with E-state index < -0.39 is 0 Å². The van der Waals surface area contributed by atoms with Crippen LogP contribution in [0.2, 0.25) is 0 Å². The Kier molecular flexibility index (Phi) is 5.48. The van der Waals surface area contributed by atoms with Gasteiger partial charge in [0.2, 0.25) is 0 Å². The molecule has 11 aromatic rings. The van der Waals surface area contributed by atoms with Crippen LogP contribution in [0.15, 0.2) is 152 Å². The quantitative estimate of drug-likeness (QED) is 0.192. The molecule has 0 aliphatic rings. The van der Waals surface area contributed by atoms with Crippen LogP contribution in [0.4, 0.5) is 0 Å². The van der Waals surface area contributed by atoms with Crippen LogP contribution in [0.5, 0.6) is 0 Å². The lowest BCUT2D eigenvalue weighted by molar-refractivity contribution is 1.13. The minimum absolute atomic E-state index is 0.992. The van der Waals surface area contributed by atoms with Crippen LogP contribution in [0.3, 0.4) is 0 Å². The molecule has 6 aromatic heterocycles. The number of benzene rings is 5. The molecule has 0 saturated carbocycles. The van der Waals surface area contributed by atoms with Gasteiger partial charge in [-0.05, 0) is 60.2 Å². The highest BCUT2D eigenvalue weighted by Crippen LogP contribution is 2.45. The van der Waals surface area contributed by atoms with Gasteiger partial charge in [0.15, 0.2) is 0 Å². The van der Waals surface area contributed by atoms with E-state index in [0.717, 1.165) is 66.2 Å². The van der Waals surface area contributed by atoms with E-state index in [1.807, 2.05) is 36.1 Å². The first-order chi connectivity index (χ1) is 24.3. The number of para-hydroxylation sites is 3. The Hall–Kier alpha value is -6.37. The lowest BCUT2D eigenvalue weighted by Gasteiger charge is -2.17. The van der Waals surface area contributed by atoms with Crippen molar-refractivity contribution in [2.24, 2.45) is 0 Å². The van der Waals surface area contributed by atoms with E-state index in [-0.39, 0.29) is 0 Å². The third-order valence-corrected chi connectivity index (χ3v) is 11.0. The van der Waals surface area contributed by atoms with E-state index >= 15 is 0 Å². The summed E-state index contributed by atoms with van der Waals surface area (Å²) in [5.74, 6) is 0. The minimum atomic E-state index is 0.992. The number of nitrogens with zero attached hydrogens (tertiary/aromatic N) is 5. The molecule has 228 valence electrons. The maximum absolute atomic E-state index is 5.25. The smallest absolute Gasteiger partial charge is 0.0902 e. The van der Waals surface area contributed by atoms with Gasteiger partial charge in [-0.3, -0.25) is 9.97 Å². The Morgan fingerprint density at radius 1 is 0.469 bits per heavy atom. The SMILES string of the molecule is c1ccc2c(-c3cc(-n4c5ccccc5c5cnccc54)cc(-n4c5ccccc5c5cnccc54)c3)c3sc4ccccc4c3nc2c1. The van der Waals surface area contributed by atoms with Crippen molar-refractivity contribution in [3.8, 4) is 22.5 Å². The molecular formula is C43H25N5S. The van der Waals surface area contributed by atoms with Crippen molar-refractivity contribution in [1.82, 2.24) is 24.1 Å². The van der Waals surface area contributed by atoms with Crippen LogP contribution in [0.1, 0.15) is 0 Å².